The van der Waals surface area contributed by atoms with Gasteiger partial charge in [0.2, 0.25) is 5.82 Å². The highest BCUT2D eigenvalue weighted by atomic mass is 16.6. The molecule has 2 heterocycles. The number of aromatic carboxylic acids is 1. The Balaban J connectivity index is 2.43. The summed E-state index contributed by atoms with van der Waals surface area (Å²) in [4.78, 5) is 27.3. The highest BCUT2D eigenvalue weighted by molar-refractivity contribution is 5.88. The van der Waals surface area contributed by atoms with Crippen LogP contribution in [0.4, 0.5) is 11.5 Å². The van der Waals surface area contributed by atoms with E-state index in [0.29, 0.717) is 13.1 Å². The predicted molar refractivity (Wildman–Crippen MR) is 74.7 cm³/mol. The van der Waals surface area contributed by atoms with Crippen molar-refractivity contribution in [2.24, 2.45) is 0 Å². The Labute approximate surface area is 121 Å². The summed E-state index contributed by atoms with van der Waals surface area (Å²) in [5.74, 6) is -1.07. The summed E-state index contributed by atoms with van der Waals surface area (Å²) >= 11 is 0. The van der Waals surface area contributed by atoms with E-state index >= 15 is 0 Å². The summed E-state index contributed by atoms with van der Waals surface area (Å²) in [7, 11) is 0. The molecule has 1 aliphatic heterocycles. The van der Waals surface area contributed by atoms with E-state index in [-0.39, 0.29) is 23.2 Å². The van der Waals surface area contributed by atoms with Gasteiger partial charge in [-0.3, -0.25) is 10.1 Å². The number of anilines is 1. The van der Waals surface area contributed by atoms with Crippen LogP contribution >= 0.6 is 0 Å². The Kier molecular flexibility index (Phi) is 3.82. The molecule has 21 heavy (non-hydrogen) atoms. The van der Waals surface area contributed by atoms with Crippen LogP contribution in [0.3, 0.4) is 0 Å². The van der Waals surface area contributed by atoms with Crippen molar-refractivity contribution in [2.45, 2.75) is 32.5 Å². The van der Waals surface area contributed by atoms with Crippen molar-refractivity contribution in [3.8, 4) is 0 Å². The first-order valence-corrected chi connectivity index (χ1v) is 6.50. The lowest BCUT2D eigenvalue weighted by Crippen LogP contribution is -2.52. The van der Waals surface area contributed by atoms with Crippen LogP contribution in [0.15, 0.2) is 12.3 Å². The van der Waals surface area contributed by atoms with Crippen molar-refractivity contribution < 1.29 is 19.6 Å². The standard InChI is InChI=1S/C13H17N3O5/c1-8-6-15(7-13(2,3)21-8)11-10(16(19)20)4-9(5-14-11)12(17)18/h4-5,8H,6-7H2,1-3H3,(H,17,18). The quantitative estimate of drug-likeness (QED) is 0.668. The number of aromatic nitrogens is 1. The Morgan fingerprint density at radius 1 is 1.62 bits per heavy atom. The molecule has 0 radical (unpaired) electrons. The summed E-state index contributed by atoms with van der Waals surface area (Å²) in [6.07, 6.45) is 1.03. The highest BCUT2D eigenvalue weighted by Gasteiger charge is 2.35. The van der Waals surface area contributed by atoms with Gasteiger partial charge in [-0.15, -0.1) is 0 Å². The number of carbonyl (C=O) groups is 1. The second-order valence-electron chi connectivity index (χ2n) is 5.70. The Bertz CT molecular complexity index is 587. The van der Waals surface area contributed by atoms with Crippen LogP contribution in [0, 0.1) is 10.1 Å². The molecule has 0 spiro atoms. The third kappa shape index (κ3) is 3.27. The maximum Gasteiger partial charge on any atom is 0.337 e. The monoisotopic (exact) mass is 295 g/mol. The van der Waals surface area contributed by atoms with E-state index in [1.54, 1.807) is 4.90 Å². The van der Waals surface area contributed by atoms with Crippen LogP contribution < -0.4 is 4.90 Å². The van der Waals surface area contributed by atoms with Crippen LogP contribution in [0.5, 0.6) is 0 Å². The second-order valence-corrected chi connectivity index (χ2v) is 5.70. The molecule has 8 heteroatoms. The van der Waals surface area contributed by atoms with Gasteiger partial charge in [0.15, 0.2) is 0 Å². The number of hydrogen-bond donors (Lipinski definition) is 1. The lowest BCUT2D eigenvalue weighted by atomic mass is 10.1. The van der Waals surface area contributed by atoms with Crippen LogP contribution in [0.2, 0.25) is 0 Å². The van der Waals surface area contributed by atoms with Crippen molar-refractivity contribution >= 4 is 17.5 Å². The molecule has 8 nitrogen and oxygen atoms in total. The maximum atomic E-state index is 11.2. The summed E-state index contributed by atoms with van der Waals surface area (Å²) in [6.45, 7) is 6.58. The molecule has 0 amide bonds. The molecule has 0 aromatic carbocycles. The first kappa shape index (κ1) is 15.2. The third-order valence-corrected chi connectivity index (χ3v) is 3.16. The largest absolute Gasteiger partial charge is 0.478 e. The Morgan fingerprint density at radius 3 is 2.81 bits per heavy atom. The van der Waals surface area contributed by atoms with E-state index in [9.17, 15) is 14.9 Å². The van der Waals surface area contributed by atoms with Gasteiger partial charge < -0.3 is 14.7 Å². The van der Waals surface area contributed by atoms with Gasteiger partial charge >= 0.3 is 11.7 Å². The summed E-state index contributed by atoms with van der Waals surface area (Å²) < 4.78 is 5.75. The van der Waals surface area contributed by atoms with Crippen molar-refractivity contribution in [3.05, 3.63) is 27.9 Å². The molecular weight excluding hydrogens is 278 g/mol. The third-order valence-electron chi connectivity index (χ3n) is 3.16. The van der Waals surface area contributed by atoms with Crippen LogP contribution in [-0.4, -0.2) is 45.8 Å². The number of pyridine rings is 1. The Morgan fingerprint density at radius 2 is 2.29 bits per heavy atom. The number of carboxylic acids is 1. The molecule has 1 aromatic heterocycles. The second kappa shape index (κ2) is 5.28. The average molecular weight is 295 g/mol. The van der Waals surface area contributed by atoms with Crippen LogP contribution in [0.1, 0.15) is 31.1 Å². The lowest BCUT2D eigenvalue weighted by Gasteiger charge is -2.42. The highest BCUT2D eigenvalue weighted by Crippen LogP contribution is 2.31. The van der Waals surface area contributed by atoms with Gasteiger partial charge in [0.05, 0.1) is 22.2 Å². The van der Waals surface area contributed by atoms with Crippen LogP contribution in [0.25, 0.3) is 0 Å². The van der Waals surface area contributed by atoms with Crippen molar-refractivity contribution in [3.63, 3.8) is 0 Å². The van der Waals surface area contributed by atoms with Gasteiger partial charge in [-0.05, 0) is 20.8 Å². The molecule has 114 valence electrons. The molecule has 0 aliphatic carbocycles. The SMILES string of the molecule is CC1CN(c2ncc(C(=O)O)cc2[N+](=O)[O-])CC(C)(C)O1. The number of ether oxygens (including phenoxy) is 1. The molecule has 1 fully saturated rings. The van der Waals surface area contributed by atoms with E-state index in [1.165, 1.54) is 0 Å². The number of rotatable bonds is 3. The predicted octanol–water partition coefficient (Wildman–Crippen LogP) is 1.69. The fourth-order valence-electron chi connectivity index (χ4n) is 2.56. The fourth-order valence-corrected chi connectivity index (χ4v) is 2.56. The van der Waals surface area contributed by atoms with Gasteiger partial charge in [-0.25, -0.2) is 9.78 Å². The zero-order valence-corrected chi connectivity index (χ0v) is 12.1. The number of carboxylic acid groups (broad SMARTS) is 1. The summed E-state index contributed by atoms with van der Waals surface area (Å²) in [5.41, 5.74) is -0.968. The molecule has 0 saturated carbocycles. The molecule has 1 unspecified atom stereocenters. The molecule has 1 aromatic rings. The minimum absolute atomic E-state index is 0.102. The average Bonchev–Trinajstić information content (AvgIpc) is 2.35. The first-order valence-electron chi connectivity index (χ1n) is 6.50. The molecule has 1 N–H and O–H groups in total. The van der Waals surface area contributed by atoms with Crippen molar-refractivity contribution in [1.82, 2.24) is 4.98 Å². The number of nitro groups is 1. The fraction of sp³-hybridized carbons (Fsp3) is 0.538. The van der Waals surface area contributed by atoms with Crippen LogP contribution in [-0.2, 0) is 4.74 Å². The van der Waals surface area contributed by atoms with E-state index in [1.807, 2.05) is 20.8 Å². The molecule has 0 bridgehead atoms. The zero-order valence-electron chi connectivity index (χ0n) is 12.1. The van der Waals surface area contributed by atoms with Crippen molar-refractivity contribution in [1.29, 1.82) is 0 Å². The molecular formula is C13H17N3O5. The summed E-state index contributed by atoms with van der Waals surface area (Å²) in [5, 5.41) is 20.1. The van der Waals surface area contributed by atoms with E-state index in [2.05, 4.69) is 4.98 Å². The van der Waals surface area contributed by atoms with Gasteiger partial charge in [-0.2, -0.15) is 0 Å². The molecule has 1 saturated heterocycles. The summed E-state index contributed by atoms with van der Waals surface area (Å²) in [6, 6.07) is 1.04. The molecule has 1 atom stereocenters. The molecule has 1 aliphatic rings. The molecule has 2 rings (SSSR count). The minimum Gasteiger partial charge on any atom is -0.478 e. The van der Waals surface area contributed by atoms with E-state index in [4.69, 9.17) is 9.84 Å². The number of nitrogens with zero attached hydrogens (tertiary/aromatic N) is 3. The first-order chi connectivity index (χ1) is 9.69. The minimum atomic E-state index is -1.24. The van der Waals surface area contributed by atoms with Gasteiger partial charge in [0.1, 0.15) is 0 Å². The van der Waals surface area contributed by atoms with Gasteiger partial charge in [0.25, 0.3) is 0 Å². The van der Waals surface area contributed by atoms with Gasteiger partial charge in [0, 0.05) is 25.4 Å². The normalized spacial score (nSPS) is 21.1. The topological polar surface area (TPSA) is 106 Å². The van der Waals surface area contributed by atoms with Crippen molar-refractivity contribution in [2.75, 3.05) is 18.0 Å². The van der Waals surface area contributed by atoms with Gasteiger partial charge in [-0.1, -0.05) is 0 Å². The number of morpholine rings is 1. The smallest absolute Gasteiger partial charge is 0.337 e. The van der Waals surface area contributed by atoms with E-state index in [0.717, 1.165) is 12.3 Å². The Hall–Kier alpha value is -2.22. The van der Waals surface area contributed by atoms with E-state index < -0.39 is 16.5 Å². The zero-order chi connectivity index (χ0) is 15.8. The lowest BCUT2D eigenvalue weighted by molar-refractivity contribution is -0.384. The number of hydrogen-bond acceptors (Lipinski definition) is 6. The maximum absolute atomic E-state index is 11.2.